The van der Waals surface area contributed by atoms with E-state index in [9.17, 15) is 9.69 Å². The summed E-state index contributed by atoms with van der Waals surface area (Å²) in [4.78, 5) is 21.4. The Balaban J connectivity index is 3.65. The van der Waals surface area contributed by atoms with E-state index in [1.807, 2.05) is 0 Å². The number of ether oxygens (including phenoxy) is 1. The third-order valence-electron chi connectivity index (χ3n) is 6.51. The lowest BCUT2D eigenvalue weighted by molar-refractivity contribution is -0.870. The fourth-order valence-electron chi connectivity index (χ4n) is 4.35. The second-order valence-corrected chi connectivity index (χ2v) is 12.4. The van der Waals surface area contributed by atoms with E-state index in [1.165, 1.54) is 96.8 Å². The van der Waals surface area contributed by atoms with Crippen molar-refractivity contribution >= 4 is 14.6 Å². The van der Waals surface area contributed by atoms with Crippen LogP contribution in [0.4, 0.5) is 0 Å². The number of carbonyl (C=O) groups excluding carboxylic acids is 1. The number of carbonyl (C=O) groups is 1. The first-order chi connectivity index (χ1) is 17.2. The van der Waals surface area contributed by atoms with Gasteiger partial charge in [0, 0.05) is 6.92 Å². The normalized spacial score (nSPS) is 13.6. The zero-order valence-corrected chi connectivity index (χ0v) is 25.5. The van der Waals surface area contributed by atoms with Crippen molar-refractivity contribution in [3.05, 3.63) is 0 Å². The van der Waals surface area contributed by atoms with Crippen molar-refractivity contribution in [2.45, 2.75) is 142 Å². The van der Waals surface area contributed by atoms with Crippen LogP contribution >= 0.6 is 8.60 Å². The Bertz CT molecular complexity index is 487. The van der Waals surface area contributed by atoms with Gasteiger partial charge in [0.1, 0.15) is 6.10 Å². The zero-order valence-electron chi connectivity index (χ0n) is 24.6. The number of quaternary nitrogens is 1. The quantitative estimate of drug-likeness (QED) is 0.0497. The van der Waals surface area contributed by atoms with Crippen molar-refractivity contribution in [1.82, 2.24) is 0 Å². The van der Waals surface area contributed by atoms with Gasteiger partial charge >= 0.3 is 14.6 Å². The molecule has 6 nitrogen and oxygen atoms in total. The molecule has 0 bridgehead atoms. The second-order valence-electron chi connectivity index (χ2n) is 11.4. The largest absolute Gasteiger partial charge is 0.460 e. The van der Waals surface area contributed by atoms with Crippen molar-refractivity contribution in [2.24, 2.45) is 0 Å². The highest BCUT2D eigenvalue weighted by Crippen LogP contribution is 2.33. The minimum Gasteiger partial charge on any atom is -0.460 e. The standard InChI is InChI=1S/C29H61NO5P/c1-6-7-8-9-10-11-12-13-14-15-16-17-18-19-20-21-24-29(35-28(2)31)27-34-36(32)33-26-23-22-25-30(3,4)5/h29,32H,6-27H2,1-5H3/q+1. The highest BCUT2D eigenvalue weighted by atomic mass is 31.2. The minimum atomic E-state index is -1.92. The van der Waals surface area contributed by atoms with Gasteiger partial charge in [-0.1, -0.05) is 103 Å². The molecule has 0 aliphatic heterocycles. The predicted molar refractivity (Wildman–Crippen MR) is 153 cm³/mol. The predicted octanol–water partition coefficient (Wildman–Crippen LogP) is 8.31. The highest BCUT2D eigenvalue weighted by Gasteiger charge is 2.16. The van der Waals surface area contributed by atoms with Crippen molar-refractivity contribution in [1.29, 1.82) is 0 Å². The Morgan fingerprint density at radius 3 is 1.64 bits per heavy atom. The molecule has 0 aliphatic rings. The molecule has 0 aliphatic carbocycles. The lowest BCUT2D eigenvalue weighted by Crippen LogP contribution is -2.35. The maximum absolute atomic E-state index is 11.4. The first kappa shape index (κ1) is 35.7. The van der Waals surface area contributed by atoms with Crippen LogP contribution in [0.15, 0.2) is 0 Å². The number of hydrogen-bond donors (Lipinski definition) is 1. The lowest BCUT2D eigenvalue weighted by atomic mass is 10.0. The lowest BCUT2D eigenvalue weighted by Gasteiger charge is -2.23. The SMILES string of the molecule is CCCCCCCCCCCCCCCCCCC(COP(O)OCCCC[N+](C)(C)C)OC(C)=O. The van der Waals surface area contributed by atoms with E-state index in [2.05, 4.69) is 28.1 Å². The van der Waals surface area contributed by atoms with Crippen LogP contribution in [-0.2, 0) is 18.6 Å². The van der Waals surface area contributed by atoms with Crippen molar-refractivity contribution in [2.75, 3.05) is 40.9 Å². The van der Waals surface area contributed by atoms with Gasteiger partial charge in [-0.2, -0.15) is 0 Å². The van der Waals surface area contributed by atoms with Gasteiger partial charge in [-0.05, 0) is 25.7 Å². The Hall–Kier alpha value is -0.260. The summed E-state index contributed by atoms with van der Waals surface area (Å²) in [5.74, 6) is -0.302. The fourth-order valence-corrected chi connectivity index (χ4v) is 5.00. The van der Waals surface area contributed by atoms with Gasteiger partial charge in [-0.3, -0.25) is 4.79 Å². The maximum atomic E-state index is 11.4. The van der Waals surface area contributed by atoms with E-state index in [0.29, 0.717) is 6.61 Å². The monoisotopic (exact) mass is 534 g/mol. The smallest absolute Gasteiger partial charge is 0.329 e. The number of nitrogens with zero attached hydrogens (tertiary/aromatic N) is 1. The molecule has 0 fully saturated rings. The van der Waals surface area contributed by atoms with Crippen LogP contribution in [0.3, 0.4) is 0 Å². The van der Waals surface area contributed by atoms with Crippen LogP contribution < -0.4 is 0 Å². The molecule has 216 valence electrons. The van der Waals surface area contributed by atoms with Crippen LogP contribution in [0.1, 0.15) is 136 Å². The Kier molecular flexibility index (Phi) is 24.9. The molecule has 0 saturated heterocycles. The first-order valence-electron chi connectivity index (χ1n) is 15.0. The third kappa shape index (κ3) is 28.3. The minimum absolute atomic E-state index is 0.194. The average molecular weight is 535 g/mol. The number of hydrogen-bond acceptors (Lipinski definition) is 5. The summed E-state index contributed by atoms with van der Waals surface area (Å²) in [7, 11) is 4.57. The number of rotatable bonds is 27. The Morgan fingerprint density at radius 1 is 0.722 bits per heavy atom. The maximum Gasteiger partial charge on any atom is 0.329 e. The van der Waals surface area contributed by atoms with Crippen molar-refractivity contribution in [3.8, 4) is 0 Å². The number of unbranched alkanes of at least 4 members (excludes halogenated alkanes) is 16. The van der Waals surface area contributed by atoms with Gasteiger partial charge in [-0.25, -0.2) is 0 Å². The van der Waals surface area contributed by atoms with E-state index in [4.69, 9.17) is 13.8 Å². The van der Waals surface area contributed by atoms with Crippen LogP contribution in [-0.4, -0.2) is 62.4 Å². The molecule has 2 atom stereocenters. The second kappa shape index (κ2) is 25.0. The van der Waals surface area contributed by atoms with Gasteiger partial charge in [0.15, 0.2) is 0 Å². The molecule has 0 spiro atoms. The molecule has 0 amide bonds. The average Bonchev–Trinajstić information content (AvgIpc) is 2.80. The molecule has 0 saturated carbocycles. The van der Waals surface area contributed by atoms with Gasteiger partial charge in [0.25, 0.3) is 0 Å². The first-order valence-corrected chi connectivity index (χ1v) is 16.1. The van der Waals surface area contributed by atoms with E-state index < -0.39 is 8.60 Å². The molecule has 2 unspecified atom stereocenters. The van der Waals surface area contributed by atoms with Crippen LogP contribution in [0.2, 0.25) is 0 Å². The molecule has 1 N–H and O–H groups in total. The summed E-state index contributed by atoms with van der Waals surface area (Å²) in [5, 5.41) is 0. The molecule has 0 radical (unpaired) electrons. The Labute approximate surface area is 225 Å². The van der Waals surface area contributed by atoms with Gasteiger partial charge in [0.05, 0.1) is 40.9 Å². The zero-order chi connectivity index (χ0) is 26.9. The summed E-state index contributed by atoms with van der Waals surface area (Å²) >= 11 is 0. The summed E-state index contributed by atoms with van der Waals surface area (Å²) in [6.45, 7) is 5.45. The summed E-state index contributed by atoms with van der Waals surface area (Å²) < 4.78 is 17.2. The van der Waals surface area contributed by atoms with Crippen LogP contribution in [0, 0.1) is 0 Å². The molecular weight excluding hydrogens is 473 g/mol. The van der Waals surface area contributed by atoms with Crippen LogP contribution in [0.25, 0.3) is 0 Å². The van der Waals surface area contributed by atoms with E-state index >= 15 is 0 Å². The van der Waals surface area contributed by atoms with Gasteiger partial charge < -0.3 is 23.2 Å². The molecular formula is C29H61NO5P+. The van der Waals surface area contributed by atoms with E-state index in [-0.39, 0.29) is 18.7 Å². The van der Waals surface area contributed by atoms with E-state index in [0.717, 1.165) is 43.1 Å². The van der Waals surface area contributed by atoms with Crippen LogP contribution in [0.5, 0.6) is 0 Å². The molecule has 0 aromatic rings. The van der Waals surface area contributed by atoms with Gasteiger partial charge in [-0.15, -0.1) is 0 Å². The summed E-state index contributed by atoms with van der Waals surface area (Å²) in [6.07, 6.45) is 23.8. The molecule has 0 heterocycles. The molecule has 0 rings (SSSR count). The van der Waals surface area contributed by atoms with Gasteiger partial charge in [0.2, 0.25) is 0 Å². The number of esters is 1. The van der Waals surface area contributed by atoms with Crippen molar-refractivity contribution in [3.63, 3.8) is 0 Å². The Morgan fingerprint density at radius 2 is 1.19 bits per heavy atom. The highest BCUT2D eigenvalue weighted by molar-refractivity contribution is 7.40. The molecule has 7 heteroatoms. The van der Waals surface area contributed by atoms with E-state index in [1.54, 1.807) is 0 Å². The molecule has 0 aromatic carbocycles. The molecule has 0 aromatic heterocycles. The third-order valence-corrected chi connectivity index (χ3v) is 7.28. The molecule has 36 heavy (non-hydrogen) atoms. The summed E-state index contributed by atoms with van der Waals surface area (Å²) in [6, 6.07) is 0. The fraction of sp³-hybridized carbons (Fsp3) is 0.966. The topological polar surface area (TPSA) is 65.0 Å². The summed E-state index contributed by atoms with van der Waals surface area (Å²) in [5.41, 5.74) is 0. The van der Waals surface area contributed by atoms with Crippen molar-refractivity contribution < 1.29 is 28.0 Å².